The Bertz CT molecular complexity index is 1320. The Morgan fingerprint density at radius 3 is 2.79 bits per heavy atom. The summed E-state index contributed by atoms with van der Waals surface area (Å²) in [6, 6.07) is 15.8. The van der Waals surface area contributed by atoms with E-state index < -0.39 is 0 Å². The lowest BCUT2D eigenvalue weighted by molar-refractivity contribution is 0.103. The summed E-state index contributed by atoms with van der Waals surface area (Å²) in [5.41, 5.74) is 3.45. The summed E-state index contributed by atoms with van der Waals surface area (Å²) in [4.78, 5) is 21.7. The average Bonchev–Trinajstić information content (AvgIpc) is 3.39. The lowest BCUT2D eigenvalue weighted by Crippen LogP contribution is -2.11. The number of amides is 1. The molecule has 0 aliphatic rings. The maximum Gasteiger partial charge on any atom is 0.268 e. The van der Waals surface area contributed by atoms with Gasteiger partial charge in [-0.05, 0) is 42.8 Å². The van der Waals surface area contributed by atoms with Crippen molar-refractivity contribution in [3.63, 3.8) is 0 Å². The number of hydrogen-bond acceptors (Lipinski definition) is 4. The third-order valence-corrected chi connectivity index (χ3v) is 5.85. The molecule has 3 heterocycles. The van der Waals surface area contributed by atoms with E-state index in [4.69, 9.17) is 0 Å². The highest BCUT2D eigenvalue weighted by Gasteiger charge is 2.17. The minimum atomic E-state index is -0.267. The molecule has 0 unspecified atom stereocenters. The van der Waals surface area contributed by atoms with E-state index in [1.807, 2.05) is 41.9 Å². The van der Waals surface area contributed by atoms with Crippen molar-refractivity contribution >= 4 is 44.4 Å². The van der Waals surface area contributed by atoms with Crippen LogP contribution in [0.25, 0.3) is 21.3 Å². The molecule has 0 saturated heterocycles. The lowest BCUT2D eigenvalue weighted by atomic mass is 10.2. The molecule has 8 heteroatoms. The number of aromatic nitrogens is 4. The predicted molar refractivity (Wildman–Crippen MR) is 112 cm³/mol. The number of fused-ring (bicyclic) bond motifs is 2. The number of imidazole rings is 1. The van der Waals surface area contributed by atoms with Gasteiger partial charge in [-0.1, -0.05) is 24.3 Å². The van der Waals surface area contributed by atoms with E-state index in [0.717, 1.165) is 32.5 Å². The first-order valence-electron chi connectivity index (χ1n) is 9.04. The Balaban J connectivity index is 1.43. The number of nitrogens with zero attached hydrogens (tertiary/aromatic N) is 3. The standard InChI is InChI=1S/C21H16FN5OS/c1-12-15-10-18(19(28)25-21-23-16-4-2-3-5-17(16)24-21)29-20(15)27(26-12)11-13-6-8-14(22)9-7-13/h2-10H,11H2,1H3,(H2,23,24,25,28). The summed E-state index contributed by atoms with van der Waals surface area (Å²) < 4.78 is 15.0. The normalized spacial score (nSPS) is 11.4. The van der Waals surface area contributed by atoms with Crippen molar-refractivity contribution < 1.29 is 9.18 Å². The van der Waals surface area contributed by atoms with Crippen LogP contribution in [-0.4, -0.2) is 25.7 Å². The Morgan fingerprint density at radius 2 is 2.00 bits per heavy atom. The number of hydrogen-bond donors (Lipinski definition) is 2. The second-order valence-corrected chi connectivity index (χ2v) is 7.79. The summed E-state index contributed by atoms with van der Waals surface area (Å²) in [5.74, 6) is -0.0764. The molecule has 3 aromatic heterocycles. The molecule has 6 nitrogen and oxygen atoms in total. The van der Waals surface area contributed by atoms with Gasteiger partial charge in [-0.2, -0.15) is 5.10 Å². The number of aryl methyl sites for hydroxylation is 1. The number of para-hydroxylation sites is 2. The number of carbonyl (C=O) groups is 1. The summed E-state index contributed by atoms with van der Waals surface area (Å²) in [6.07, 6.45) is 0. The number of H-pyrrole nitrogens is 1. The van der Waals surface area contributed by atoms with Gasteiger partial charge >= 0.3 is 0 Å². The molecule has 2 aromatic carbocycles. The van der Waals surface area contributed by atoms with Crippen LogP contribution in [0, 0.1) is 12.7 Å². The number of rotatable bonds is 4. The first-order chi connectivity index (χ1) is 14.1. The molecule has 0 aliphatic heterocycles. The van der Waals surface area contributed by atoms with Gasteiger partial charge < -0.3 is 4.98 Å². The summed E-state index contributed by atoms with van der Waals surface area (Å²) in [7, 11) is 0. The van der Waals surface area contributed by atoms with Gasteiger partial charge in [0, 0.05) is 5.39 Å². The van der Waals surface area contributed by atoms with E-state index in [9.17, 15) is 9.18 Å². The fourth-order valence-corrected chi connectivity index (χ4v) is 4.33. The Morgan fingerprint density at radius 1 is 1.21 bits per heavy atom. The number of thiophene rings is 1. The second-order valence-electron chi connectivity index (χ2n) is 6.76. The largest absolute Gasteiger partial charge is 0.324 e. The minimum absolute atomic E-state index is 0.224. The van der Waals surface area contributed by atoms with Gasteiger partial charge in [0.05, 0.1) is 28.1 Å². The van der Waals surface area contributed by atoms with Gasteiger partial charge in [-0.3, -0.25) is 14.8 Å². The summed E-state index contributed by atoms with van der Waals surface area (Å²) in [6.45, 7) is 2.42. The molecule has 2 N–H and O–H groups in total. The van der Waals surface area contributed by atoms with Crippen LogP contribution in [-0.2, 0) is 6.54 Å². The van der Waals surface area contributed by atoms with Crippen LogP contribution < -0.4 is 5.32 Å². The molecule has 5 aromatic rings. The van der Waals surface area contributed by atoms with Crippen molar-refractivity contribution in [3.8, 4) is 0 Å². The fraction of sp³-hybridized carbons (Fsp3) is 0.0952. The molecular weight excluding hydrogens is 389 g/mol. The second kappa shape index (κ2) is 6.82. The number of nitrogens with one attached hydrogen (secondary N) is 2. The van der Waals surface area contributed by atoms with E-state index in [2.05, 4.69) is 20.4 Å². The van der Waals surface area contributed by atoms with Crippen LogP contribution in [0.2, 0.25) is 0 Å². The van der Waals surface area contributed by atoms with Crippen LogP contribution in [0.4, 0.5) is 10.3 Å². The first kappa shape index (κ1) is 17.6. The molecule has 29 heavy (non-hydrogen) atoms. The van der Waals surface area contributed by atoms with Crippen molar-refractivity contribution in [2.24, 2.45) is 0 Å². The molecule has 0 fully saturated rings. The van der Waals surface area contributed by atoms with Crippen molar-refractivity contribution in [2.45, 2.75) is 13.5 Å². The zero-order valence-electron chi connectivity index (χ0n) is 15.4. The number of carbonyl (C=O) groups excluding carboxylic acids is 1. The number of benzene rings is 2. The summed E-state index contributed by atoms with van der Waals surface area (Å²) in [5, 5.41) is 8.33. The highest BCUT2D eigenvalue weighted by molar-refractivity contribution is 7.20. The van der Waals surface area contributed by atoms with Crippen molar-refractivity contribution in [1.82, 2.24) is 19.7 Å². The lowest BCUT2D eigenvalue weighted by Gasteiger charge is -2.03. The van der Waals surface area contributed by atoms with Gasteiger partial charge in [-0.15, -0.1) is 11.3 Å². The van der Waals surface area contributed by atoms with E-state index in [0.29, 0.717) is 17.4 Å². The van der Waals surface area contributed by atoms with Crippen molar-refractivity contribution in [2.75, 3.05) is 5.32 Å². The monoisotopic (exact) mass is 405 g/mol. The Kier molecular flexibility index (Phi) is 4.13. The maximum atomic E-state index is 13.1. The quantitative estimate of drug-likeness (QED) is 0.454. The molecule has 0 bridgehead atoms. The van der Waals surface area contributed by atoms with Crippen LogP contribution in [0.3, 0.4) is 0 Å². The van der Waals surface area contributed by atoms with Crippen molar-refractivity contribution in [1.29, 1.82) is 0 Å². The number of halogens is 1. The predicted octanol–water partition coefficient (Wildman–Crippen LogP) is 4.72. The highest BCUT2D eigenvalue weighted by Crippen LogP contribution is 2.29. The number of aromatic amines is 1. The SMILES string of the molecule is Cc1nn(Cc2ccc(F)cc2)c2sc(C(=O)Nc3nc4ccccc4[nH]3)cc12. The molecule has 5 rings (SSSR count). The van der Waals surface area contributed by atoms with Gasteiger partial charge in [0.25, 0.3) is 5.91 Å². The smallest absolute Gasteiger partial charge is 0.268 e. The van der Waals surface area contributed by atoms with Crippen LogP contribution in [0.5, 0.6) is 0 Å². The molecular formula is C21H16FN5OS. The van der Waals surface area contributed by atoms with Gasteiger partial charge in [0.2, 0.25) is 5.95 Å². The van der Waals surface area contributed by atoms with Crippen LogP contribution in [0.1, 0.15) is 20.9 Å². The molecule has 1 amide bonds. The van der Waals surface area contributed by atoms with Crippen molar-refractivity contribution in [3.05, 3.63) is 76.5 Å². The molecule has 0 atom stereocenters. The minimum Gasteiger partial charge on any atom is -0.324 e. The molecule has 144 valence electrons. The first-order valence-corrected chi connectivity index (χ1v) is 9.86. The van der Waals surface area contributed by atoms with Gasteiger partial charge in [0.1, 0.15) is 10.6 Å². The third-order valence-electron chi connectivity index (χ3n) is 4.70. The Hall–Kier alpha value is -3.52. The molecule has 0 radical (unpaired) electrons. The average molecular weight is 405 g/mol. The third kappa shape index (κ3) is 3.27. The zero-order valence-corrected chi connectivity index (χ0v) is 16.3. The Labute approximate surface area is 169 Å². The molecule has 0 aliphatic carbocycles. The molecule has 0 spiro atoms. The van der Waals surface area contributed by atoms with E-state index in [-0.39, 0.29) is 11.7 Å². The van der Waals surface area contributed by atoms with Gasteiger partial charge in [-0.25, -0.2) is 9.37 Å². The highest BCUT2D eigenvalue weighted by atomic mass is 32.1. The number of anilines is 1. The topological polar surface area (TPSA) is 75.6 Å². The maximum absolute atomic E-state index is 13.1. The van der Waals surface area contributed by atoms with Crippen LogP contribution >= 0.6 is 11.3 Å². The van der Waals surface area contributed by atoms with E-state index in [1.54, 1.807) is 12.1 Å². The van der Waals surface area contributed by atoms with E-state index in [1.165, 1.54) is 23.5 Å². The fourth-order valence-electron chi connectivity index (χ4n) is 3.28. The van der Waals surface area contributed by atoms with Crippen LogP contribution in [0.15, 0.2) is 54.6 Å². The van der Waals surface area contributed by atoms with Gasteiger partial charge in [0.15, 0.2) is 0 Å². The summed E-state index contributed by atoms with van der Waals surface area (Å²) >= 11 is 1.37. The zero-order chi connectivity index (χ0) is 20.0. The molecule has 0 saturated carbocycles. The van der Waals surface area contributed by atoms with E-state index >= 15 is 0 Å².